The third kappa shape index (κ3) is 12.7. The number of unbranched alkanes of at least 4 members (excludes halogenated alkanes) is 2. The molecule has 0 saturated heterocycles. The maximum absolute atomic E-state index is 11.0. The van der Waals surface area contributed by atoms with Crippen LogP contribution >= 0.6 is 0 Å². The minimum absolute atomic E-state index is 0. The van der Waals surface area contributed by atoms with Crippen molar-refractivity contribution in [2.75, 3.05) is 0 Å². The molecule has 2 aliphatic rings. The van der Waals surface area contributed by atoms with Gasteiger partial charge in [-0.25, -0.2) is 0 Å². The summed E-state index contributed by atoms with van der Waals surface area (Å²) in [7, 11) is 0. The van der Waals surface area contributed by atoms with Crippen molar-refractivity contribution in [3.63, 3.8) is 0 Å². The predicted octanol–water partition coefficient (Wildman–Crippen LogP) is 4.17. The van der Waals surface area contributed by atoms with Gasteiger partial charge in [-0.3, -0.25) is 9.59 Å². The van der Waals surface area contributed by atoms with Crippen LogP contribution in [-0.2, 0) is 26.7 Å². The van der Waals surface area contributed by atoms with E-state index < -0.39 is 0 Å². The molecule has 2 rings (SSSR count). The Morgan fingerprint density at radius 2 is 1.03 bits per heavy atom. The number of hydrogen-bond acceptors (Lipinski definition) is 2. The zero-order chi connectivity index (χ0) is 20.8. The molecule has 2 fully saturated rings. The van der Waals surface area contributed by atoms with E-state index in [1.165, 1.54) is 11.8 Å². The van der Waals surface area contributed by atoms with Crippen LogP contribution in [0.4, 0.5) is 0 Å². The van der Waals surface area contributed by atoms with Crippen LogP contribution in [-0.4, -0.2) is 23.9 Å². The number of amides is 2. The zero-order valence-corrected chi connectivity index (χ0v) is 19.3. The van der Waals surface area contributed by atoms with E-state index >= 15 is 0 Å². The molecule has 2 amide bonds. The SMILES string of the molecule is CCCC[C@@H](NC(C)=O)[C]1[CH][CH][CH][CH]1.CCCC[C@@H](NC(C)=O)[C]1[CH][CH][CH][CH]1.[Fe+2]. The molecule has 160 valence electrons. The molecule has 29 heavy (non-hydrogen) atoms. The molecular formula is C24H36FeN2O2+2. The van der Waals surface area contributed by atoms with Crippen LogP contribution in [0.2, 0.25) is 0 Å². The first-order valence-electron chi connectivity index (χ1n) is 10.4. The molecule has 2 saturated carbocycles. The van der Waals surface area contributed by atoms with E-state index in [4.69, 9.17) is 0 Å². The van der Waals surface area contributed by atoms with Crippen LogP contribution in [0.3, 0.4) is 0 Å². The van der Waals surface area contributed by atoms with Gasteiger partial charge in [0.2, 0.25) is 11.8 Å². The maximum Gasteiger partial charge on any atom is 2.00 e. The Kier molecular flexibility index (Phi) is 16.9. The summed E-state index contributed by atoms with van der Waals surface area (Å²) >= 11 is 0. The van der Waals surface area contributed by atoms with Crippen molar-refractivity contribution >= 4 is 11.8 Å². The normalized spacial score (nSPS) is 18.9. The fourth-order valence-corrected chi connectivity index (χ4v) is 3.19. The van der Waals surface area contributed by atoms with Gasteiger partial charge in [-0.1, -0.05) is 39.5 Å². The van der Waals surface area contributed by atoms with Gasteiger partial charge in [0.25, 0.3) is 0 Å². The summed E-state index contributed by atoms with van der Waals surface area (Å²) in [6, 6.07) is 0.393. The molecule has 0 aromatic rings. The summed E-state index contributed by atoms with van der Waals surface area (Å²) in [5, 5.41) is 5.96. The molecule has 0 bridgehead atoms. The molecule has 0 aromatic heterocycles. The molecule has 0 aromatic carbocycles. The summed E-state index contributed by atoms with van der Waals surface area (Å²) in [5.41, 5.74) is 0. The quantitative estimate of drug-likeness (QED) is 0.501. The molecule has 2 N–H and O–H groups in total. The second kappa shape index (κ2) is 17.2. The summed E-state index contributed by atoms with van der Waals surface area (Å²) in [4.78, 5) is 22.0. The monoisotopic (exact) mass is 440 g/mol. The number of carbonyl (C=O) groups is 2. The molecule has 5 heteroatoms. The van der Waals surface area contributed by atoms with Crippen molar-refractivity contribution in [2.24, 2.45) is 0 Å². The first kappa shape index (κ1) is 28.5. The van der Waals surface area contributed by atoms with E-state index in [1.54, 1.807) is 13.8 Å². The van der Waals surface area contributed by atoms with E-state index in [2.05, 4.69) is 50.2 Å². The second-order valence-corrected chi connectivity index (χ2v) is 7.23. The largest absolute Gasteiger partial charge is 2.00 e. The van der Waals surface area contributed by atoms with Crippen molar-refractivity contribution in [3.8, 4) is 0 Å². The molecule has 10 radical (unpaired) electrons. The van der Waals surface area contributed by atoms with Crippen molar-refractivity contribution in [1.29, 1.82) is 0 Å². The molecule has 4 nitrogen and oxygen atoms in total. The fraction of sp³-hybridized carbons (Fsp3) is 0.500. The molecule has 0 aliphatic heterocycles. The van der Waals surface area contributed by atoms with E-state index in [0.717, 1.165) is 38.5 Å². The van der Waals surface area contributed by atoms with Crippen LogP contribution in [0.1, 0.15) is 66.2 Å². The van der Waals surface area contributed by atoms with Crippen molar-refractivity contribution in [3.05, 3.63) is 63.2 Å². The van der Waals surface area contributed by atoms with Gasteiger partial charge in [0, 0.05) is 37.8 Å². The van der Waals surface area contributed by atoms with E-state index in [9.17, 15) is 9.59 Å². The summed E-state index contributed by atoms with van der Waals surface area (Å²) < 4.78 is 0. The van der Waals surface area contributed by atoms with Crippen LogP contribution < -0.4 is 10.6 Å². The number of hydrogen-bond donors (Lipinski definition) is 2. The predicted molar refractivity (Wildman–Crippen MR) is 115 cm³/mol. The third-order valence-corrected chi connectivity index (χ3v) is 4.63. The molecule has 2 aliphatic carbocycles. The number of rotatable bonds is 10. The van der Waals surface area contributed by atoms with Gasteiger partial charge in [-0.2, -0.15) is 0 Å². The topological polar surface area (TPSA) is 58.2 Å². The first-order valence-corrected chi connectivity index (χ1v) is 10.4. The van der Waals surface area contributed by atoms with Crippen LogP contribution in [0.5, 0.6) is 0 Å². The fourth-order valence-electron chi connectivity index (χ4n) is 3.19. The van der Waals surface area contributed by atoms with E-state index in [0.29, 0.717) is 0 Å². The van der Waals surface area contributed by atoms with Crippen molar-refractivity contribution in [2.45, 2.75) is 78.3 Å². The van der Waals surface area contributed by atoms with Gasteiger partial charge in [0.05, 0.1) is 0 Å². The maximum atomic E-state index is 11.0. The average Bonchev–Trinajstić information content (AvgIpc) is 3.36. The standard InChI is InChI=1S/2C12H18NO.Fe/c2*1-3-4-9-12(13-10(2)14)11-7-5-6-8-11;/h2*5-8,12H,3-4,9H2,1-2H3,(H,13,14);/q;;+2/t2*12-;/m11./s1. The Hall–Kier alpha value is -0.541. The molecule has 0 unspecified atom stereocenters. The molecule has 0 heterocycles. The van der Waals surface area contributed by atoms with Crippen LogP contribution in [0, 0.1) is 63.2 Å². The van der Waals surface area contributed by atoms with Gasteiger partial charge in [0.15, 0.2) is 0 Å². The van der Waals surface area contributed by atoms with Gasteiger partial charge in [-0.15, -0.1) is 0 Å². The minimum atomic E-state index is 0. The van der Waals surface area contributed by atoms with Gasteiger partial charge >= 0.3 is 17.1 Å². The van der Waals surface area contributed by atoms with Crippen molar-refractivity contribution in [1.82, 2.24) is 10.6 Å². The van der Waals surface area contributed by atoms with E-state index in [-0.39, 0.29) is 41.0 Å². The smallest absolute Gasteiger partial charge is 0.353 e. The number of carbonyl (C=O) groups excluding carboxylic acids is 2. The Morgan fingerprint density at radius 3 is 1.28 bits per heavy atom. The van der Waals surface area contributed by atoms with Gasteiger partial charge in [0.1, 0.15) is 0 Å². The van der Waals surface area contributed by atoms with Crippen LogP contribution in [0.15, 0.2) is 0 Å². The summed E-state index contributed by atoms with van der Waals surface area (Å²) in [5.74, 6) is 2.53. The Morgan fingerprint density at radius 1 is 0.724 bits per heavy atom. The minimum Gasteiger partial charge on any atom is -0.353 e. The first-order chi connectivity index (χ1) is 13.5. The number of nitrogens with one attached hydrogen (secondary N) is 2. The molecular weight excluding hydrogens is 404 g/mol. The Bertz CT molecular complexity index is 393. The Labute approximate surface area is 190 Å². The Balaban J connectivity index is 0.000000523. The summed E-state index contributed by atoms with van der Waals surface area (Å²) in [6.45, 7) is 7.47. The van der Waals surface area contributed by atoms with Crippen LogP contribution in [0.25, 0.3) is 0 Å². The molecule has 2 atom stereocenters. The third-order valence-electron chi connectivity index (χ3n) is 4.63. The van der Waals surface area contributed by atoms with Crippen molar-refractivity contribution < 1.29 is 26.7 Å². The van der Waals surface area contributed by atoms with Gasteiger partial charge < -0.3 is 10.6 Å². The second-order valence-electron chi connectivity index (χ2n) is 7.23. The summed E-state index contributed by atoms with van der Waals surface area (Å²) in [6.07, 6.45) is 23.0. The molecule has 0 spiro atoms. The van der Waals surface area contributed by atoms with Gasteiger partial charge in [-0.05, 0) is 64.2 Å². The zero-order valence-electron chi connectivity index (χ0n) is 18.2. The van der Waals surface area contributed by atoms with E-state index in [1.807, 2.05) is 25.7 Å². The average molecular weight is 440 g/mol.